The molecule has 4 nitrogen and oxygen atoms in total. The summed E-state index contributed by atoms with van der Waals surface area (Å²) in [5, 5.41) is 0. The van der Waals surface area contributed by atoms with E-state index in [-0.39, 0.29) is 0 Å². The van der Waals surface area contributed by atoms with Crippen LogP contribution in [0.15, 0.2) is 30.3 Å². The summed E-state index contributed by atoms with van der Waals surface area (Å²) < 4.78 is 32.7. The van der Waals surface area contributed by atoms with Crippen LogP contribution in [0.3, 0.4) is 0 Å². The van der Waals surface area contributed by atoms with E-state index in [2.05, 4.69) is 34.5 Å². The van der Waals surface area contributed by atoms with Crippen LogP contribution in [0.2, 0.25) is 0 Å². The second-order valence-electron chi connectivity index (χ2n) is 3.41. The van der Waals surface area contributed by atoms with E-state index in [0.29, 0.717) is 0 Å². The summed E-state index contributed by atoms with van der Waals surface area (Å²) in [6.07, 6.45) is -0.495. The van der Waals surface area contributed by atoms with Crippen LogP contribution in [0.1, 0.15) is 19.4 Å². The topological polar surface area (TPSA) is 63.6 Å². The Labute approximate surface area is 114 Å². The molecule has 0 atom stereocenters. The van der Waals surface area contributed by atoms with E-state index < -0.39 is 16.5 Å². The predicted octanol–water partition coefficient (Wildman–Crippen LogP) is 1.57. The third-order valence-corrected chi connectivity index (χ3v) is 3.01. The molecule has 0 bridgehead atoms. The Balaban J connectivity index is 0.000000281. The van der Waals surface area contributed by atoms with E-state index in [1.165, 1.54) is 51.0 Å². The van der Waals surface area contributed by atoms with Gasteiger partial charge in [-0.2, -0.15) is 8.42 Å². The van der Waals surface area contributed by atoms with Crippen LogP contribution in [0.4, 0.5) is 0 Å². The molecule has 1 rings (SSSR count). The summed E-state index contributed by atoms with van der Waals surface area (Å²) in [6.45, 7) is 3.02. The number of hydrogen-bond donors (Lipinski definition) is 1. The molecule has 0 amide bonds. The van der Waals surface area contributed by atoms with Gasteiger partial charge in [0.1, 0.15) is 0 Å². The van der Waals surface area contributed by atoms with Crippen molar-refractivity contribution in [2.75, 3.05) is 0 Å². The van der Waals surface area contributed by atoms with Crippen molar-refractivity contribution >= 4 is 38.3 Å². The zero-order chi connectivity index (χ0) is 12.6. The molecule has 1 aromatic carbocycles. The summed E-state index contributed by atoms with van der Waals surface area (Å²) in [6, 6.07) is 10.6. The average molecular weight is 254 g/mol. The molecule has 0 heterocycles. The van der Waals surface area contributed by atoms with Crippen molar-refractivity contribution in [3.05, 3.63) is 35.9 Å². The van der Waals surface area contributed by atoms with Gasteiger partial charge >= 0.3 is 77.9 Å². The average Bonchev–Trinajstić information content (AvgIpc) is 2.16. The summed E-state index contributed by atoms with van der Waals surface area (Å²) in [7, 11) is -4.22. The number of hydrogen-bond acceptors (Lipinski definition) is 3. The molecule has 6 heteroatoms. The molecule has 0 spiro atoms. The monoisotopic (exact) mass is 254 g/mol. The molecule has 16 heavy (non-hydrogen) atoms. The summed E-state index contributed by atoms with van der Waals surface area (Å²) >= 11 is 1.28. The van der Waals surface area contributed by atoms with Crippen LogP contribution in [0.25, 0.3) is 0 Å². The van der Waals surface area contributed by atoms with E-state index in [1.54, 1.807) is 0 Å². The molecule has 0 radical (unpaired) electrons. The van der Waals surface area contributed by atoms with E-state index >= 15 is 0 Å². The van der Waals surface area contributed by atoms with Gasteiger partial charge < -0.3 is 0 Å². The first kappa shape index (κ1) is 16.1. The third kappa shape index (κ3) is 10.6. The third-order valence-electron chi connectivity index (χ3n) is 1.57. The van der Waals surface area contributed by atoms with Crippen LogP contribution >= 0.6 is 0 Å². The van der Waals surface area contributed by atoms with Gasteiger partial charge in [0.25, 0.3) is 0 Å². The zero-order valence-corrected chi connectivity index (χ0v) is 12.6. The van der Waals surface area contributed by atoms with Crippen molar-refractivity contribution < 1.29 is 17.2 Å². The molecule has 0 fully saturated rings. The minimum absolute atomic E-state index is 0.495. The van der Waals surface area contributed by atoms with Crippen LogP contribution in [0.5, 0.6) is 0 Å². The maximum atomic E-state index is 9.78. The predicted molar refractivity (Wildman–Crippen MR) is 63.7 cm³/mol. The number of benzene rings is 1. The molecule has 1 N–H and O–H groups in total. The molecule has 0 aliphatic heterocycles. The Kier molecular flexibility index (Phi) is 8.27. The standard InChI is InChI=1S/C7H7.C3H8O4S.Na/c1-7-5-3-2-4-6-7;1-3(2)7-8(4,5)6;/h2-6H,1H2;3H,1-2H3,(H,4,5,6);. The molecule has 0 aromatic heterocycles. The first-order chi connectivity index (χ1) is 7.35. The van der Waals surface area contributed by atoms with E-state index in [4.69, 9.17) is 4.55 Å². The van der Waals surface area contributed by atoms with Crippen LogP contribution in [-0.2, 0) is 18.3 Å². The molecule has 0 unspecified atom stereocenters. The van der Waals surface area contributed by atoms with E-state index in [1.807, 2.05) is 0 Å². The Morgan fingerprint density at radius 1 is 1.31 bits per heavy atom. The zero-order valence-electron chi connectivity index (χ0n) is 9.75. The van der Waals surface area contributed by atoms with Crippen molar-refractivity contribution in [2.24, 2.45) is 0 Å². The van der Waals surface area contributed by atoms with Crippen molar-refractivity contribution in [1.82, 2.24) is 0 Å². The molecule has 1 aromatic rings. The van der Waals surface area contributed by atoms with Gasteiger partial charge in [0, 0.05) is 0 Å². The van der Waals surface area contributed by atoms with Gasteiger partial charge in [-0.1, -0.05) is 0 Å². The number of rotatable bonds is 3. The fourth-order valence-electron chi connectivity index (χ4n) is 0.957. The summed E-state index contributed by atoms with van der Waals surface area (Å²) in [5.74, 6) is 0. The van der Waals surface area contributed by atoms with E-state index in [0.717, 1.165) is 0 Å². The Morgan fingerprint density at radius 2 is 1.81 bits per heavy atom. The van der Waals surface area contributed by atoms with E-state index in [9.17, 15) is 8.42 Å². The van der Waals surface area contributed by atoms with Crippen molar-refractivity contribution in [3.63, 3.8) is 0 Å². The molecule has 0 aliphatic carbocycles. The first-order valence-corrected chi connectivity index (χ1v) is 7.82. The fraction of sp³-hybridized carbons (Fsp3) is 0.400. The second-order valence-corrected chi connectivity index (χ2v) is 5.17. The summed E-state index contributed by atoms with van der Waals surface area (Å²) in [4.78, 5) is 0. The minimum atomic E-state index is -4.22. The van der Waals surface area contributed by atoms with Crippen molar-refractivity contribution in [1.29, 1.82) is 0 Å². The molecule has 0 aliphatic rings. The molecule has 0 saturated carbocycles. The van der Waals surface area contributed by atoms with Crippen molar-refractivity contribution in [3.8, 4) is 0 Å². The SMILES string of the molecule is CC(C)OS(=O)(=O)O.[Na][CH2]c1ccccc1. The Morgan fingerprint density at radius 3 is 2.00 bits per heavy atom. The molecule has 86 valence electrons. The van der Waals surface area contributed by atoms with Crippen LogP contribution in [0, 0.1) is 0 Å². The second kappa shape index (κ2) is 8.22. The van der Waals surface area contributed by atoms with Gasteiger partial charge in [0.05, 0.1) is 6.10 Å². The summed E-state index contributed by atoms with van der Waals surface area (Å²) in [5.41, 5.74) is 1.47. The molecule has 0 saturated heterocycles. The van der Waals surface area contributed by atoms with Gasteiger partial charge in [-0.25, -0.2) is 4.18 Å². The normalized spacial score (nSPS) is 10.9. The van der Waals surface area contributed by atoms with Gasteiger partial charge in [-0.3, -0.25) is 4.55 Å². The van der Waals surface area contributed by atoms with Crippen molar-refractivity contribution in [2.45, 2.75) is 23.6 Å². The van der Waals surface area contributed by atoms with Gasteiger partial charge in [-0.15, -0.1) is 0 Å². The Hall–Kier alpha value is 0.0900. The quantitative estimate of drug-likeness (QED) is 0.657. The van der Waals surface area contributed by atoms with Gasteiger partial charge in [-0.05, 0) is 13.8 Å². The van der Waals surface area contributed by atoms with Gasteiger partial charge in [0.2, 0.25) is 0 Å². The Bertz CT molecular complexity index is 375. The van der Waals surface area contributed by atoms with Crippen LogP contribution < -0.4 is 0 Å². The van der Waals surface area contributed by atoms with Crippen LogP contribution in [-0.4, -0.2) is 47.0 Å². The maximum absolute atomic E-state index is 9.78. The molecular formula is C10H15NaO4S. The van der Waals surface area contributed by atoms with Gasteiger partial charge in [0.15, 0.2) is 0 Å². The fourth-order valence-corrected chi connectivity index (χ4v) is 1.91. The first-order valence-electron chi connectivity index (χ1n) is 5.04. The molecular weight excluding hydrogens is 239 g/mol.